The van der Waals surface area contributed by atoms with Gasteiger partial charge in [0.25, 0.3) is 0 Å². The highest BCUT2D eigenvalue weighted by molar-refractivity contribution is 5.79. The Morgan fingerprint density at radius 3 is 2.73 bits per heavy atom. The van der Waals surface area contributed by atoms with Gasteiger partial charge in [-0.05, 0) is 30.9 Å². The van der Waals surface area contributed by atoms with E-state index in [1.165, 1.54) is 11.1 Å². The molecule has 1 unspecified atom stereocenters. The lowest BCUT2D eigenvalue weighted by atomic mass is 10.0. The maximum Gasteiger partial charge on any atom is 0.191 e. The van der Waals surface area contributed by atoms with Crippen molar-refractivity contribution in [3.8, 4) is 0 Å². The second-order valence-corrected chi connectivity index (χ2v) is 7.39. The Hall–Kier alpha value is -1.63. The molecular weight excluding hydrogens is 328 g/mol. The molecule has 2 heterocycles. The molecule has 0 saturated carbocycles. The minimum atomic E-state index is -0.0737. The summed E-state index contributed by atoms with van der Waals surface area (Å²) in [6.45, 7) is 9.25. The highest BCUT2D eigenvalue weighted by Gasteiger charge is 2.29. The predicted molar refractivity (Wildman–Crippen MR) is 104 cm³/mol. The van der Waals surface area contributed by atoms with E-state index in [0.717, 1.165) is 71.3 Å². The quantitative estimate of drug-likeness (QED) is 0.598. The Balaban J connectivity index is 1.47. The van der Waals surface area contributed by atoms with Crippen LogP contribution in [-0.4, -0.2) is 63.0 Å². The van der Waals surface area contributed by atoms with Crippen LogP contribution < -0.4 is 10.6 Å². The first-order valence-corrected chi connectivity index (χ1v) is 9.63. The van der Waals surface area contributed by atoms with Gasteiger partial charge in [0.15, 0.2) is 5.96 Å². The average molecular weight is 361 g/mol. The summed E-state index contributed by atoms with van der Waals surface area (Å²) in [6.07, 6.45) is 2.24. The molecule has 0 radical (unpaired) electrons. The van der Waals surface area contributed by atoms with Gasteiger partial charge in [0.1, 0.15) is 0 Å². The zero-order valence-corrected chi connectivity index (χ0v) is 16.1. The van der Waals surface area contributed by atoms with Gasteiger partial charge in [-0.1, -0.05) is 24.3 Å². The van der Waals surface area contributed by atoms with Crippen molar-refractivity contribution < 1.29 is 9.47 Å². The number of morpholine rings is 1. The van der Waals surface area contributed by atoms with Gasteiger partial charge in [0.05, 0.1) is 18.8 Å². The highest BCUT2D eigenvalue weighted by Crippen LogP contribution is 2.23. The van der Waals surface area contributed by atoms with Gasteiger partial charge in [-0.15, -0.1) is 0 Å². The number of rotatable bonds is 6. The lowest BCUT2D eigenvalue weighted by Crippen LogP contribution is -2.45. The fourth-order valence-electron chi connectivity index (χ4n) is 3.51. The molecule has 6 nitrogen and oxygen atoms in total. The monoisotopic (exact) mass is 360 g/mol. The molecule has 1 aromatic rings. The molecule has 0 aliphatic carbocycles. The molecule has 2 aliphatic rings. The van der Waals surface area contributed by atoms with Crippen LogP contribution in [0.3, 0.4) is 0 Å². The molecule has 3 rings (SSSR count). The molecule has 2 aliphatic heterocycles. The standard InChI is InChI=1S/C20H32N4O2/c1-20(7-4-10-26-20)16-23-19(21-2)22-14-17-5-3-6-18(13-17)15-24-8-11-25-12-9-24/h3,5-6,13H,4,7-12,14-16H2,1-2H3,(H2,21,22,23). The zero-order valence-electron chi connectivity index (χ0n) is 16.1. The maximum absolute atomic E-state index is 5.83. The van der Waals surface area contributed by atoms with Crippen molar-refractivity contribution in [1.82, 2.24) is 15.5 Å². The summed E-state index contributed by atoms with van der Waals surface area (Å²) in [7, 11) is 1.81. The molecular formula is C20H32N4O2. The largest absolute Gasteiger partial charge is 0.379 e. The van der Waals surface area contributed by atoms with Crippen LogP contribution >= 0.6 is 0 Å². The summed E-state index contributed by atoms with van der Waals surface area (Å²) in [5.74, 6) is 0.820. The first-order valence-electron chi connectivity index (χ1n) is 9.63. The Kier molecular flexibility index (Phi) is 6.88. The van der Waals surface area contributed by atoms with Gasteiger partial charge >= 0.3 is 0 Å². The third-order valence-electron chi connectivity index (χ3n) is 5.12. The summed E-state index contributed by atoms with van der Waals surface area (Å²) >= 11 is 0. The maximum atomic E-state index is 5.83. The summed E-state index contributed by atoms with van der Waals surface area (Å²) in [4.78, 5) is 6.77. The number of guanidine groups is 1. The van der Waals surface area contributed by atoms with E-state index in [1.807, 2.05) is 7.05 Å². The van der Waals surface area contributed by atoms with Crippen molar-refractivity contribution >= 4 is 5.96 Å². The van der Waals surface area contributed by atoms with Gasteiger partial charge in [-0.3, -0.25) is 9.89 Å². The number of aliphatic imine (C=N–C) groups is 1. The third-order valence-corrected chi connectivity index (χ3v) is 5.12. The van der Waals surface area contributed by atoms with Crippen LogP contribution in [0.2, 0.25) is 0 Å². The molecule has 0 spiro atoms. The average Bonchev–Trinajstić information content (AvgIpc) is 3.10. The van der Waals surface area contributed by atoms with E-state index >= 15 is 0 Å². The molecule has 2 fully saturated rings. The van der Waals surface area contributed by atoms with Crippen LogP contribution in [0, 0.1) is 0 Å². The van der Waals surface area contributed by atoms with Crippen LogP contribution in [0.5, 0.6) is 0 Å². The van der Waals surface area contributed by atoms with Crippen molar-refractivity contribution in [3.63, 3.8) is 0 Å². The molecule has 144 valence electrons. The fourth-order valence-corrected chi connectivity index (χ4v) is 3.51. The van der Waals surface area contributed by atoms with E-state index in [-0.39, 0.29) is 5.60 Å². The van der Waals surface area contributed by atoms with Crippen LogP contribution in [-0.2, 0) is 22.6 Å². The second-order valence-electron chi connectivity index (χ2n) is 7.39. The summed E-state index contributed by atoms with van der Waals surface area (Å²) in [5.41, 5.74) is 2.54. The van der Waals surface area contributed by atoms with Crippen molar-refractivity contribution in [2.45, 2.75) is 38.5 Å². The highest BCUT2D eigenvalue weighted by atomic mass is 16.5. The number of hydrogen-bond acceptors (Lipinski definition) is 4. The Morgan fingerprint density at radius 2 is 2.00 bits per heavy atom. The lowest BCUT2D eigenvalue weighted by Gasteiger charge is -2.26. The zero-order chi connectivity index (χ0) is 18.2. The molecule has 0 bridgehead atoms. The molecule has 0 aromatic heterocycles. The lowest BCUT2D eigenvalue weighted by molar-refractivity contribution is 0.0243. The molecule has 0 amide bonds. The topological polar surface area (TPSA) is 58.1 Å². The van der Waals surface area contributed by atoms with Gasteiger partial charge < -0.3 is 20.1 Å². The van der Waals surface area contributed by atoms with E-state index in [2.05, 4.69) is 51.7 Å². The predicted octanol–water partition coefficient (Wildman–Crippen LogP) is 1.75. The van der Waals surface area contributed by atoms with Crippen LogP contribution in [0.15, 0.2) is 29.3 Å². The van der Waals surface area contributed by atoms with Gasteiger partial charge in [0.2, 0.25) is 0 Å². The Labute approximate surface area is 157 Å². The van der Waals surface area contributed by atoms with Crippen molar-refractivity contribution in [2.75, 3.05) is 46.5 Å². The molecule has 1 aromatic carbocycles. The summed E-state index contributed by atoms with van der Waals surface area (Å²) in [6, 6.07) is 8.77. The van der Waals surface area contributed by atoms with E-state index in [9.17, 15) is 0 Å². The van der Waals surface area contributed by atoms with E-state index < -0.39 is 0 Å². The van der Waals surface area contributed by atoms with Gasteiger partial charge in [-0.2, -0.15) is 0 Å². The molecule has 2 saturated heterocycles. The van der Waals surface area contributed by atoms with Crippen LogP contribution in [0.25, 0.3) is 0 Å². The molecule has 2 N–H and O–H groups in total. The van der Waals surface area contributed by atoms with E-state index in [0.29, 0.717) is 0 Å². The normalized spacial score (nSPS) is 24.6. The molecule has 6 heteroatoms. The Morgan fingerprint density at radius 1 is 1.19 bits per heavy atom. The first-order chi connectivity index (χ1) is 12.7. The number of nitrogens with one attached hydrogen (secondary N) is 2. The van der Waals surface area contributed by atoms with Gasteiger partial charge in [0, 0.05) is 46.4 Å². The third kappa shape index (κ3) is 5.69. The molecule has 26 heavy (non-hydrogen) atoms. The SMILES string of the molecule is CN=C(NCc1cccc(CN2CCOCC2)c1)NCC1(C)CCCO1. The summed E-state index contributed by atoms with van der Waals surface area (Å²) < 4.78 is 11.3. The summed E-state index contributed by atoms with van der Waals surface area (Å²) in [5, 5.41) is 6.80. The minimum Gasteiger partial charge on any atom is -0.379 e. The number of nitrogens with zero attached hydrogens (tertiary/aromatic N) is 2. The van der Waals surface area contributed by atoms with E-state index in [4.69, 9.17) is 9.47 Å². The van der Waals surface area contributed by atoms with Crippen molar-refractivity contribution in [3.05, 3.63) is 35.4 Å². The van der Waals surface area contributed by atoms with E-state index in [1.54, 1.807) is 0 Å². The second kappa shape index (κ2) is 9.35. The fraction of sp³-hybridized carbons (Fsp3) is 0.650. The molecule has 1 atom stereocenters. The van der Waals surface area contributed by atoms with Gasteiger partial charge in [-0.25, -0.2) is 0 Å². The Bertz CT molecular complexity index is 593. The smallest absolute Gasteiger partial charge is 0.191 e. The minimum absolute atomic E-state index is 0.0737. The van der Waals surface area contributed by atoms with Crippen molar-refractivity contribution in [2.24, 2.45) is 4.99 Å². The van der Waals surface area contributed by atoms with Crippen LogP contribution in [0.4, 0.5) is 0 Å². The number of ether oxygens (including phenoxy) is 2. The number of hydrogen-bond donors (Lipinski definition) is 2. The van der Waals surface area contributed by atoms with Crippen LogP contribution in [0.1, 0.15) is 30.9 Å². The number of benzene rings is 1. The first kappa shape index (κ1) is 19.1. The van der Waals surface area contributed by atoms with Crippen molar-refractivity contribution in [1.29, 1.82) is 0 Å².